The maximum absolute atomic E-state index is 12.2. The highest BCUT2D eigenvalue weighted by molar-refractivity contribution is 5.74. The van der Waals surface area contributed by atoms with E-state index in [1.165, 1.54) is 11.1 Å². The minimum absolute atomic E-state index is 0.0626. The Morgan fingerprint density at radius 1 is 1.08 bits per heavy atom. The molecule has 2 N–H and O–H groups in total. The van der Waals surface area contributed by atoms with Gasteiger partial charge in [0, 0.05) is 26.2 Å². The molecule has 1 atom stereocenters. The summed E-state index contributed by atoms with van der Waals surface area (Å²) in [7, 11) is 1.79. The Hall–Kier alpha value is -2.33. The monoisotopic (exact) mass is 326 g/mol. The van der Waals surface area contributed by atoms with Crippen molar-refractivity contribution < 1.29 is 9.90 Å². The van der Waals surface area contributed by atoms with E-state index in [0.717, 1.165) is 12.0 Å². The lowest BCUT2D eigenvalue weighted by Crippen LogP contribution is -2.41. The Bertz CT molecular complexity index is 626. The molecule has 0 aliphatic carbocycles. The Kier molecular flexibility index (Phi) is 6.82. The molecule has 0 aliphatic heterocycles. The number of nitrogens with one attached hydrogen (secondary N) is 1. The minimum Gasteiger partial charge on any atom is -0.396 e. The van der Waals surface area contributed by atoms with Gasteiger partial charge in [0.15, 0.2) is 0 Å². The van der Waals surface area contributed by atoms with Gasteiger partial charge in [0.05, 0.1) is 0 Å². The van der Waals surface area contributed by atoms with E-state index in [4.69, 9.17) is 5.11 Å². The van der Waals surface area contributed by atoms with Gasteiger partial charge in [-0.2, -0.15) is 0 Å². The first-order valence-corrected chi connectivity index (χ1v) is 8.37. The van der Waals surface area contributed by atoms with Crippen molar-refractivity contribution in [3.8, 4) is 11.1 Å². The largest absolute Gasteiger partial charge is 0.396 e. The lowest BCUT2D eigenvalue weighted by atomic mass is 10.0. The number of amides is 2. The molecule has 128 valence electrons. The van der Waals surface area contributed by atoms with Gasteiger partial charge < -0.3 is 15.3 Å². The second-order valence-electron chi connectivity index (χ2n) is 6.14. The molecular formula is C20H26N2O2. The highest BCUT2D eigenvalue weighted by Gasteiger charge is 2.12. The summed E-state index contributed by atoms with van der Waals surface area (Å²) in [5.41, 5.74) is 3.45. The minimum atomic E-state index is -0.0902. The molecule has 0 heterocycles. The maximum atomic E-state index is 12.2. The van der Waals surface area contributed by atoms with Crippen molar-refractivity contribution in [2.45, 2.75) is 32.4 Å². The van der Waals surface area contributed by atoms with E-state index in [0.29, 0.717) is 13.0 Å². The molecule has 1 unspecified atom stereocenters. The highest BCUT2D eigenvalue weighted by Crippen LogP contribution is 2.19. The van der Waals surface area contributed by atoms with Crippen molar-refractivity contribution in [1.82, 2.24) is 10.2 Å². The molecule has 0 spiro atoms. The fraction of sp³-hybridized carbons (Fsp3) is 0.350. The highest BCUT2D eigenvalue weighted by atomic mass is 16.3. The molecule has 4 heteroatoms. The third-order valence-corrected chi connectivity index (χ3v) is 3.99. The zero-order chi connectivity index (χ0) is 17.4. The molecule has 2 aromatic rings. The Balaban J connectivity index is 1.89. The first-order valence-electron chi connectivity index (χ1n) is 8.37. The predicted octanol–water partition coefficient (Wildman–Crippen LogP) is 3.66. The number of rotatable bonds is 7. The van der Waals surface area contributed by atoms with Crippen LogP contribution < -0.4 is 5.32 Å². The van der Waals surface area contributed by atoms with Crippen LogP contribution in [0.15, 0.2) is 54.6 Å². The number of carbonyl (C=O) groups excluding carboxylic acids is 1. The van der Waals surface area contributed by atoms with Crippen LogP contribution in [0.5, 0.6) is 0 Å². The lowest BCUT2D eigenvalue weighted by Gasteiger charge is -2.21. The van der Waals surface area contributed by atoms with Crippen LogP contribution in [0.25, 0.3) is 11.1 Å². The maximum Gasteiger partial charge on any atom is 0.317 e. The molecule has 0 aliphatic rings. The van der Waals surface area contributed by atoms with Gasteiger partial charge in [-0.1, -0.05) is 54.6 Å². The molecule has 2 aromatic carbocycles. The summed E-state index contributed by atoms with van der Waals surface area (Å²) < 4.78 is 0. The Morgan fingerprint density at radius 2 is 1.71 bits per heavy atom. The Morgan fingerprint density at radius 3 is 2.33 bits per heavy atom. The molecule has 0 saturated heterocycles. The standard InChI is InChI=1S/C20H26N2O2/c1-16(7-6-14-23)21-20(24)22(2)15-17-10-12-19(13-11-17)18-8-4-3-5-9-18/h3-5,8-13,16,23H,6-7,14-15H2,1-2H3,(H,21,24). The molecule has 0 aromatic heterocycles. The zero-order valence-electron chi connectivity index (χ0n) is 14.4. The first-order chi connectivity index (χ1) is 11.6. The van der Waals surface area contributed by atoms with E-state index in [2.05, 4.69) is 41.7 Å². The van der Waals surface area contributed by atoms with Gasteiger partial charge in [0.2, 0.25) is 0 Å². The molecular weight excluding hydrogens is 300 g/mol. The van der Waals surface area contributed by atoms with Crippen molar-refractivity contribution in [3.05, 3.63) is 60.2 Å². The summed E-state index contributed by atoms with van der Waals surface area (Å²) in [5, 5.41) is 11.8. The summed E-state index contributed by atoms with van der Waals surface area (Å²) in [5.74, 6) is 0. The SMILES string of the molecule is CC(CCCO)NC(=O)N(C)Cc1ccc(-c2ccccc2)cc1. The normalized spacial score (nSPS) is 11.8. The fourth-order valence-electron chi connectivity index (χ4n) is 2.57. The number of hydrogen-bond donors (Lipinski definition) is 2. The van der Waals surface area contributed by atoms with E-state index in [1.54, 1.807) is 11.9 Å². The van der Waals surface area contributed by atoms with Crippen LogP contribution in [0, 0.1) is 0 Å². The lowest BCUT2D eigenvalue weighted by molar-refractivity contribution is 0.201. The van der Waals surface area contributed by atoms with Gasteiger partial charge in [0.25, 0.3) is 0 Å². The summed E-state index contributed by atoms with van der Waals surface area (Å²) in [4.78, 5) is 13.8. The van der Waals surface area contributed by atoms with Crippen molar-refractivity contribution in [3.63, 3.8) is 0 Å². The van der Waals surface area contributed by atoms with Gasteiger partial charge >= 0.3 is 6.03 Å². The van der Waals surface area contributed by atoms with Crippen molar-refractivity contribution >= 4 is 6.03 Å². The number of benzene rings is 2. The van der Waals surface area contributed by atoms with E-state index in [9.17, 15) is 4.79 Å². The number of urea groups is 1. The van der Waals surface area contributed by atoms with Crippen LogP contribution in [0.2, 0.25) is 0 Å². The summed E-state index contributed by atoms with van der Waals surface area (Å²) in [6, 6.07) is 18.5. The number of hydrogen-bond acceptors (Lipinski definition) is 2. The number of nitrogens with zero attached hydrogens (tertiary/aromatic N) is 1. The average Bonchev–Trinajstić information content (AvgIpc) is 2.61. The molecule has 0 saturated carbocycles. The molecule has 0 fully saturated rings. The van der Waals surface area contributed by atoms with E-state index in [1.807, 2.05) is 25.1 Å². The van der Waals surface area contributed by atoms with E-state index < -0.39 is 0 Å². The van der Waals surface area contributed by atoms with Gasteiger partial charge in [-0.3, -0.25) is 0 Å². The van der Waals surface area contributed by atoms with Crippen molar-refractivity contribution in [2.24, 2.45) is 0 Å². The summed E-state index contributed by atoms with van der Waals surface area (Å²) in [6.07, 6.45) is 1.48. The predicted molar refractivity (Wildman–Crippen MR) is 97.7 cm³/mol. The molecule has 0 radical (unpaired) electrons. The molecule has 24 heavy (non-hydrogen) atoms. The van der Waals surface area contributed by atoms with Crippen LogP contribution in [-0.4, -0.2) is 35.7 Å². The van der Waals surface area contributed by atoms with Gasteiger partial charge in [0.1, 0.15) is 0 Å². The first kappa shape index (κ1) is 18.0. The topological polar surface area (TPSA) is 52.6 Å². The number of aliphatic hydroxyl groups excluding tert-OH is 1. The van der Waals surface area contributed by atoms with Crippen LogP contribution in [0.1, 0.15) is 25.3 Å². The zero-order valence-corrected chi connectivity index (χ0v) is 14.4. The van der Waals surface area contributed by atoms with Crippen molar-refractivity contribution in [1.29, 1.82) is 0 Å². The summed E-state index contributed by atoms with van der Waals surface area (Å²) in [6.45, 7) is 2.67. The van der Waals surface area contributed by atoms with E-state index >= 15 is 0 Å². The third-order valence-electron chi connectivity index (χ3n) is 3.99. The van der Waals surface area contributed by atoms with E-state index in [-0.39, 0.29) is 18.7 Å². The third kappa shape index (κ3) is 5.39. The summed E-state index contributed by atoms with van der Waals surface area (Å²) >= 11 is 0. The smallest absolute Gasteiger partial charge is 0.317 e. The van der Waals surface area contributed by atoms with Crippen LogP contribution in [0.3, 0.4) is 0 Å². The van der Waals surface area contributed by atoms with Crippen LogP contribution >= 0.6 is 0 Å². The fourth-order valence-corrected chi connectivity index (χ4v) is 2.57. The Labute approximate surface area is 144 Å². The number of carbonyl (C=O) groups is 1. The number of aliphatic hydroxyl groups is 1. The molecule has 4 nitrogen and oxygen atoms in total. The molecule has 2 amide bonds. The van der Waals surface area contributed by atoms with Gasteiger partial charge in [-0.05, 0) is 36.5 Å². The second-order valence-corrected chi connectivity index (χ2v) is 6.14. The second kappa shape index (κ2) is 9.08. The quantitative estimate of drug-likeness (QED) is 0.816. The van der Waals surface area contributed by atoms with Crippen LogP contribution in [-0.2, 0) is 6.54 Å². The average molecular weight is 326 g/mol. The molecule has 0 bridgehead atoms. The molecule has 2 rings (SSSR count). The van der Waals surface area contributed by atoms with Crippen molar-refractivity contribution in [2.75, 3.05) is 13.7 Å². The van der Waals surface area contributed by atoms with Crippen LogP contribution in [0.4, 0.5) is 4.79 Å². The van der Waals surface area contributed by atoms with Gasteiger partial charge in [-0.15, -0.1) is 0 Å². The van der Waals surface area contributed by atoms with Gasteiger partial charge in [-0.25, -0.2) is 4.79 Å².